The molecule has 22 heavy (non-hydrogen) atoms. The Labute approximate surface area is 136 Å². The lowest BCUT2D eigenvalue weighted by atomic mass is 10.2. The van der Waals surface area contributed by atoms with Crippen LogP contribution in [0, 0.1) is 0 Å². The molecule has 0 aromatic heterocycles. The maximum absolute atomic E-state index is 12.8. The van der Waals surface area contributed by atoms with Crippen LogP contribution in [0.5, 0.6) is 0 Å². The van der Waals surface area contributed by atoms with Gasteiger partial charge in [0.1, 0.15) is 0 Å². The van der Waals surface area contributed by atoms with Crippen LogP contribution in [-0.2, 0) is 6.54 Å². The van der Waals surface area contributed by atoms with Crippen LogP contribution < -0.4 is 4.90 Å². The normalized spacial score (nSPS) is 18.0. The van der Waals surface area contributed by atoms with Crippen molar-refractivity contribution in [1.82, 2.24) is 4.90 Å². The number of nitrogens with zero attached hydrogens (tertiary/aromatic N) is 2. The Morgan fingerprint density at radius 2 is 1.64 bits per heavy atom. The minimum Gasteiger partial charge on any atom is -0.318 e. The van der Waals surface area contributed by atoms with E-state index in [1.54, 1.807) is 0 Å². The molecular formula is C18H19ClN2O. The number of benzene rings is 2. The lowest BCUT2D eigenvalue weighted by Crippen LogP contribution is -2.35. The smallest absolute Gasteiger partial charge is 0.318 e. The van der Waals surface area contributed by atoms with Crippen molar-refractivity contribution in [1.29, 1.82) is 0 Å². The maximum Gasteiger partial charge on any atom is 0.325 e. The highest BCUT2D eigenvalue weighted by Crippen LogP contribution is 2.27. The lowest BCUT2D eigenvalue weighted by molar-refractivity contribution is 0.218. The first-order chi connectivity index (χ1) is 10.8. The molecule has 2 aromatic carbocycles. The molecule has 4 heteroatoms. The number of urea groups is 1. The summed E-state index contributed by atoms with van der Waals surface area (Å²) < 4.78 is 0. The van der Waals surface area contributed by atoms with Crippen molar-refractivity contribution in [2.24, 2.45) is 0 Å². The topological polar surface area (TPSA) is 23.6 Å². The van der Waals surface area contributed by atoms with E-state index in [2.05, 4.69) is 12.1 Å². The standard InChI is InChI=1S/C18H19ClN2O/c19-12-11-17-14-20(13-15-7-3-1-4-8-15)18(22)21(17)16-9-5-2-6-10-16/h1-10,17H,11-14H2. The molecule has 1 fully saturated rings. The third-order valence-corrected chi connectivity index (χ3v) is 4.18. The molecule has 2 amide bonds. The van der Waals surface area contributed by atoms with E-state index in [-0.39, 0.29) is 12.1 Å². The molecule has 0 radical (unpaired) electrons. The molecule has 2 aromatic rings. The average molecular weight is 315 g/mol. The van der Waals surface area contributed by atoms with Crippen molar-refractivity contribution >= 4 is 23.3 Å². The van der Waals surface area contributed by atoms with Crippen molar-refractivity contribution in [2.75, 3.05) is 17.3 Å². The molecule has 0 aliphatic carbocycles. The third-order valence-electron chi connectivity index (χ3n) is 3.97. The van der Waals surface area contributed by atoms with Gasteiger partial charge >= 0.3 is 6.03 Å². The van der Waals surface area contributed by atoms with Gasteiger partial charge in [0.25, 0.3) is 0 Å². The molecule has 3 nitrogen and oxygen atoms in total. The van der Waals surface area contributed by atoms with E-state index in [9.17, 15) is 4.79 Å². The van der Waals surface area contributed by atoms with Gasteiger partial charge in [-0.3, -0.25) is 4.90 Å². The second kappa shape index (κ2) is 6.84. The quantitative estimate of drug-likeness (QED) is 0.761. The highest BCUT2D eigenvalue weighted by molar-refractivity contribution is 6.18. The molecule has 0 bridgehead atoms. The molecule has 0 saturated carbocycles. The van der Waals surface area contributed by atoms with Gasteiger partial charge < -0.3 is 4.90 Å². The van der Waals surface area contributed by atoms with Gasteiger partial charge in [0.2, 0.25) is 0 Å². The Hall–Kier alpha value is -2.00. The Morgan fingerprint density at radius 3 is 2.27 bits per heavy atom. The van der Waals surface area contributed by atoms with Gasteiger partial charge in [-0.25, -0.2) is 4.79 Å². The molecule has 114 valence electrons. The summed E-state index contributed by atoms with van der Waals surface area (Å²) in [6, 6.07) is 20.1. The molecule has 1 saturated heterocycles. The summed E-state index contributed by atoms with van der Waals surface area (Å²) in [4.78, 5) is 16.6. The maximum atomic E-state index is 12.8. The number of halogens is 1. The summed E-state index contributed by atoms with van der Waals surface area (Å²) in [5.41, 5.74) is 2.09. The molecule has 1 atom stereocenters. The van der Waals surface area contributed by atoms with Crippen LogP contribution in [0.25, 0.3) is 0 Å². The monoisotopic (exact) mass is 314 g/mol. The van der Waals surface area contributed by atoms with Gasteiger partial charge in [0.05, 0.1) is 6.04 Å². The Morgan fingerprint density at radius 1 is 1.00 bits per heavy atom. The first-order valence-corrected chi connectivity index (χ1v) is 8.06. The van der Waals surface area contributed by atoms with Gasteiger partial charge in [0, 0.05) is 24.7 Å². The van der Waals surface area contributed by atoms with Crippen molar-refractivity contribution in [3.05, 3.63) is 66.2 Å². The molecule has 0 spiro atoms. The van der Waals surface area contributed by atoms with Gasteiger partial charge in [0.15, 0.2) is 0 Å². The Kier molecular flexibility index (Phi) is 4.64. The first-order valence-electron chi connectivity index (χ1n) is 7.52. The van der Waals surface area contributed by atoms with Crippen LogP contribution in [0.3, 0.4) is 0 Å². The number of rotatable bonds is 5. The molecule has 0 N–H and O–H groups in total. The fourth-order valence-corrected chi connectivity index (χ4v) is 3.17. The van der Waals surface area contributed by atoms with E-state index in [1.165, 1.54) is 0 Å². The predicted octanol–water partition coefficient (Wildman–Crippen LogP) is 4.13. The number of anilines is 1. The molecule has 1 aliphatic heterocycles. The van der Waals surface area contributed by atoms with Crippen molar-refractivity contribution < 1.29 is 4.79 Å². The van der Waals surface area contributed by atoms with Crippen molar-refractivity contribution in [2.45, 2.75) is 19.0 Å². The third kappa shape index (κ3) is 3.09. The zero-order valence-electron chi connectivity index (χ0n) is 12.4. The Bertz CT molecular complexity index is 617. The molecule has 1 heterocycles. The van der Waals surface area contributed by atoms with Gasteiger partial charge in [-0.1, -0.05) is 48.5 Å². The van der Waals surface area contributed by atoms with E-state index in [0.29, 0.717) is 12.4 Å². The first kappa shape index (κ1) is 14.9. The number of amides is 2. The average Bonchev–Trinajstić information content (AvgIpc) is 2.85. The fourth-order valence-electron chi connectivity index (χ4n) is 2.91. The van der Waals surface area contributed by atoms with Crippen LogP contribution in [-0.4, -0.2) is 29.4 Å². The summed E-state index contributed by atoms with van der Waals surface area (Å²) >= 11 is 5.93. The van der Waals surface area contributed by atoms with E-state index in [1.807, 2.05) is 58.3 Å². The van der Waals surface area contributed by atoms with Gasteiger partial charge in [-0.05, 0) is 24.1 Å². The van der Waals surface area contributed by atoms with Crippen LogP contribution in [0.1, 0.15) is 12.0 Å². The number of para-hydroxylation sites is 1. The number of hydrogen-bond acceptors (Lipinski definition) is 1. The Balaban J connectivity index is 1.82. The number of carbonyl (C=O) groups is 1. The number of alkyl halides is 1. The summed E-state index contributed by atoms with van der Waals surface area (Å²) in [7, 11) is 0. The van der Waals surface area contributed by atoms with Crippen LogP contribution >= 0.6 is 11.6 Å². The van der Waals surface area contributed by atoms with E-state index < -0.39 is 0 Å². The zero-order valence-corrected chi connectivity index (χ0v) is 13.1. The van der Waals surface area contributed by atoms with Gasteiger partial charge in [-0.2, -0.15) is 0 Å². The second-order valence-electron chi connectivity index (χ2n) is 5.49. The highest BCUT2D eigenvalue weighted by Gasteiger charge is 2.37. The van der Waals surface area contributed by atoms with Crippen molar-refractivity contribution in [3.63, 3.8) is 0 Å². The van der Waals surface area contributed by atoms with Crippen LogP contribution in [0.15, 0.2) is 60.7 Å². The van der Waals surface area contributed by atoms with Crippen LogP contribution in [0.4, 0.5) is 10.5 Å². The van der Waals surface area contributed by atoms with E-state index in [4.69, 9.17) is 11.6 Å². The van der Waals surface area contributed by atoms with E-state index in [0.717, 1.165) is 24.2 Å². The minimum atomic E-state index is 0.0603. The summed E-state index contributed by atoms with van der Waals surface area (Å²) in [5, 5.41) is 0. The molecular weight excluding hydrogens is 296 g/mol. The van der Waals surface area contributed by atoms with Crippen LogP contribution in [0.2, 0.25) is 0 Å². The molecule has 1 aliphatic rings. The largest absolute Gasteiger partial charge is 0.325 e. The van der Waals surface area contributed by atoms with Crippen molar-refractivity contribution in [3.8, 4) is 0 Å². The fraction of sp³-hybridized carbons (Fsp3) is 0.278. The number of hydrogen-bond donors (Lipinski definition) is 0. The summed E-state index contributed by atoms with van der Waals surface area (Å²) in [6.45, 7) is 1.36. The molecule has 1 unspecified atom stereocenters. The number of carbonyl (C=O) groups excluding carboxylic acids is 1. The lowest BCUT2D eigenvalue weighted by Gasteiger charge is -2.22. The minimum absolute atomic E-state index is 0.0603. The zero-order chi connectivity index (χ0) is 15.4. The molecule has 3 rings (SSSR count). The van der Waals surface area contributed by atoms with Gasteiger partial charge in [-0.15, -0.1) is 11.6 Å². The highest BCUT2D eigenvalue weighted by atomic mass is 35.5. The second-order valence-corrected chi connectivity index (χ2v) is 5.86. The summed E-state index contributed by atoms with van der Waals surface area (Å²) in [5.74, 6) is 0.556. The van der Waals surface area contributed by atoms with E-state index >= 15 is 0 Å². The SMILES string of the molecule is O=C1N(Cc2ccccc2)CC(CCCl)N1c1ccccc1. The summed E-state index contributed by atoms with van der Waals surface area (Å²) in [6.07, 6.45) is 0.799. The predicted molar refractivity (Wildman–Crippen MR) is 90.3 cm³/mol.